The number of hydrogen-bond donors (Lipinski definition) is 0. The molecule has 0 saturated carbocycles. The Kier molecular flexibility index (Phi) is 2.11. The maximum absolute atomic E-state index is 4.17. The largest absolute Gasteiger partial charge is 0.257 e. The molecule has 0 N–H and O–H groups in total. The molecule has 0 saturated heterocycles. The van der Waals surface area contributed by atoms with Crippen molar-refractivity contribution in [3.8, 4) is 0 Å². The van der Waals surface area contributed by atoms with Gasteiger partial charge in [0, 0.05) is 6.20 Å². The molecule has 0 aliphatic rings. The Hall–Kier alpha value is -0.290. The molecule has 1 unspecified atom stereocenters. The van der Waals surface area contributed by atoms with Gasteiger partial charge in [-0.25, -0.2) is 0 Å². The van der Waals surface area contributed by atoms with E-state index in [9.17, 15) is 0 Å². The Morgan fingerprint density at radius 3 is 3.12 bits per heavy atom. The van der Waals surface area contributed by atoms with Crippen LogP contribution < -0.4 is 0 Å². The summed E-state index contributed by atoms with van der Waals surface area (Å²) in [5.41, 5.74) is 1.37. The van der Waals surface area contributed by atoms with Gasteiger partial charge in [-0.05, 0) is 12.2 Å². The average molecular weight is 127 g/mol. The normalized spacial score (nSPS) is 10.6. The van der Waals surface area contributed by atoms with Gasteiger partial charge >= 0.3 is 0 Å². The summed E-state index contributed by atoms with van der Waals surface area (Å²) in [5.74, 6) is 2.13. The van der Waals surface area contributed by atoms with Crippen LogP contribution in [0.3, 0.4) is 0 Å². The van der Waals surface area contributed by atoms with Gasteiger partial charge in [-0.1, -0.05) is 13.3 Å². The molecule has 0 aromatic carbocycles. The molecule has 1 heterocycles. The quantitative estimate of drug-likeness (QED) is 0.592. The van der Waals surface area contributed by atoms with Crippen molar-refractivity contribution in [3.63, 3.8) is 0 Å². The molecule has 1 aromatic rings. The fourth-order valence-electron chi connectivity index (χ4n) is 0.671. The molecule has 2 heteroatoms. The van der Waals surface area contributed by atoms with Crippen molar-refractivity contribution in [2.75, 3.05) is 0 Å². The molecular weight excluding hydrogens is 117 g/mol. The molecule has 0 amide bonds. The van der Waals surface area contributed by atoms with E-state index in [2.05, 4.69) is 17.7 Å². The van der Waals surface area contributed by atoms with E-state index < -0.39 is 0 Å². The van der Waals surface area contributed by atoms with Crippen molar-refractivity contribution in [2.24, 2.45) is 0 Å². The second kappa shape index (κ2) is 2.88. The van der Waals surface area contributed by atoms with Gasteiger partial charge in [-0.15, -0.1) is 8.19 Å². The monoisotopic (exact) mass is 127 g/mol. The van der Waals surface area contributed by atoms with Gasteiger partial charge in [0.15, 0.2) is 0 Å². The van der Waals surface area contributed by atoms with E-state index in [1.54, 1.807) is 0 Å². The average Bonchev–Trinajstić information content (AvgIpc) is 2.19. The molecule has 0 spiro atoms. The van der Waals surface area contributed by atoms with E-state index in [-0.39, 0.29) is 0 Å². The number of nitrogens with zero attached hydrogens (tertiary/aromatic N) is 1. The zero-order valence-electron chi connectivity index (χ0n) is 5.02. The number of hydrogen-bond acceptors (Lipinski definition) is 1. The van der Waals surface area contributed by atoms with Crippen LogP contribution in [0.25, 0.3) is 0 Å². The smallest absolute Gasteiger partial charge is 0.0561 e. The second-order valence-electron chi connectivity index (χ2n) is 1.79. The lowest BCUT2D eigenvalue weighted by molar-refractivity contribution is 0.909. The van der Waals surface area contributed by atoms with Crippen LogP contribution in [0.1, 0.15) is 18.8 Å². The first-order chi connectivity index (χ1) is 3.93. The van der Waals surface area contributed by atoms with Crippen LogP contribution in [0.15, 0.2) is 12.0 Å². The first-order valence-corrected chi connectivity index (χ1v) is 3.99. The summed E-state index contributed by atoms with van der Waals surface area (Å²) < 4.78 is 0. The highest BCUT2D eigenvalue weighted by molar-refractivity contribution is 7.29. The van der Waals surface area contributed by atoms with E-state index in [4.69, 9.17) is 0 Å². The van der Waals surface area contributed by atoms with Gasteiger partial charge in [-0.3, -0.25) is 4.98 Å². The third-order valence-electron chi connectivity index (χ3n) is 1.04. The van der Waals surface area contributed by atoms with Crippen molar-refractivity contribution in [1.82, 2.24) is 4.98 Å². The summed E-state index contributed by atoms with van der Waals surface area (Å²) in [5, 5.41) is 0. The summed E-state index contributed by atoms with van der Waals surface area (Å²) in [6.07, 6.45) is 4.32. The molecule has 1 atom stereocenters. The van der Waals surface area contributed by atoms with Crippen LogP contribution in [0.5, 0.6) is 0 Å². The Balaban J connectivity index is 2.50. The Morgan fingerprint density at radius 2 is 2.62 bits per heavy atom. The first kappa shape index (κ1) is 5.84. The summed E-state index contributed by atoms with van der Waals surface area (Å²) in [6, 6.07) is 0. The zero-order valence-corrected chi connectivity index (χ0v) is 6.02. The molecule has 1 aromatic heterocycles. The van der Waals surface area contributed by atoms with Crippen molar-refractivity contribution in [3.05, 3.63) is 17.4 Å². The highest BCUT2D eigenvalue weighted by Crippen LogP contribution is 2.11. The summed E-state index contributed by atoms with van der Waals surface area (Å²) in [4.78, 5) is 4.17. The minimum Gasteiger partial charge on any atom is -0.257 e. The predicted molar refractivity (Wildman–Crippen MR) is 37.7 cm³/mol. The minimum atomic E-state index is 0.876. The standard InChI is InChI=1S/C6H10NP/c1-2-3-6-7-4-5-8-6/h4-5,8H,2-3H2,1H3. The van der Waals surface area contributed by atoms with Gasteiger partial charge in [0.05, 0.1) is 5.43 Å². The molecule has 1 rings (SSSR count). The summed E-state index contributed by atoms with van der Waals surface area (Å²) >= 11 is 0. The molecule has 0 bridgehead atoms. The van der Waals surface area contributed by atoms with Crippen LogP contribution in [0.2, 0.25) is 0 Å². The lowest BCUT2D eigenvalue weighted by Gasteiger charge is -1.85. The molecular formula is C6H10NP. The lowest BCUT2D eigenvalue weighted by Crippen LogP contribution is -1.76. The van der Waals surface area contributed by atoms with Gasteiger partial charge in [-0.2, -0.15) is 0 Å². The Bertz CT molecular complexity index is 134. The topological polar surface area (TPSA) is 12.9 Å². The number of aromatic nitrogens is 1. The van der Waals surface area contributed by atoms with Gasteiger partial charge < -0.3 is 0 Å². The molecule has 0 aliphatic carbocycles. The van der Waals surface area contributed by atoms with E-state index in [0.717, 1.165) is 8.19 Å². The highest BCUT2D eigenvalue weighted by atomic mass is 31.0. The Morgan fingerprint density at radius 1 is 1.75 bits per heavy atom. The maximum atomic E-state index is 4.17. The molecule has 0 radical (unpaired) electrons. The molecule has 0 aliphatic heterocycles. The van der Waals surface area contributed by atoms with Crippen LogP contribution in [0.4, 0.5) is 0 Å². The SMILES string of the molecule is CCCc1ncc[pH]1. The van der Waals surface area contributed by atoms with Crippen molar-refractivity contribution in [1.29, 1.82) is 0 Å². The summed E-state index contributed by atoms with van der Waals surface area (Å²) in [6.45, 7) is 2.19. The van der Waals surface area contributed by atoms with E-state index in [1.165, 1.54) is 18.3 Å². The van der Waals surface area contributed by atoms with E-state index in [0.29, 0.717) is 0 Å². The van der Waals surface area contributed by atoms with Crippen LogP contribution >= 0.6 is 8.19 Å². The fourth-order valence-corrected chi connectivity index (χ4v) is 1.56. The van der Waals surface area contributed by atoms with Crippen LogP contribution in [0, 0.1) is 0 Å². The van der Waals surface area contributed by atoms with E-state index in [1.807, 2.05) is 6.20 Å². The molecule has 8 heavy (non-hydrogen) atoms. The third-order valence-corrected chi connectivity index (χ3v) is 2.07. The van der Waals surface area contributed by atoms with Gasteiger partial charge in [0.25, 0.3) is 0 Å². The highest BCUT2D eigenvalue weighted by Gasteiger charge is 1.87. The van der Waals surface area contributed by atoms with Crippen LogP contribution in [-0.2, 0) is 6.42 Å². The van der Waals surface area contributed by atoms with Crippen molar-refractivity contribution in [2.45, 2.75) is 19.8 Å². The molecule has 0 fully saturated rings. The first-order valence-electron chi connectivity index (χ1n) is 2.91. The number of aryl methyl sites for hydroxylation is 1. The van der Waals surface area contributed by atoms with Crippen molar-refractivity contribution < 1.29 is 0 Å². The minimum absolute atomic E-state index is 0.876. The second-order valence-corrected chi connectivity index (χ2v) is 2.99. The van der Waals surface area contributed by atoms with E-state index >= 15 is 0 Å². The molecule has 1 nitrogen and oxygen atoms in total. The molecule has 44 valence electrons. The van der Waals surface area contributed by atoms with Crippen molar-refractivity contribution >= 4 is 8.19 Å². The van der Waals surface area contributed by atoms with Gasteiger partial charge in [0.1, 0.15) is 0 Å². The Labute approximate surface area is 51.2 Å². The number of rotatable bonds is 2. The zero-order chi connectivity index (χ0) is 5.82. The third kappa shape index (κ3) is 1.34. The summed E-state index contributed by atoms with van der Waals surface area (Å²) in [7, 11) is 0.876. The maximum Gasteiger partial charge on any atom is 0.0561 e. The fraction of sp³-hybridized carbons (Fsp3) is 0.500. The predicted octanol–water partition coefficient (Wildman–Crippen LogP) is 2.07. The van der Waals surface area contributed by atoms with Gasteiger partial charge in [0.2, 0.25) is 0 Å². The van der Waals surface area contributed by atoms with Crippen LogP contribution in [-0.4, -0.2) is 4.98 Å². The lowest BCUT2D eigenvalue weighted by atomic mass is 10.4.